The van der Waals surface area contributed by atoms with Gasteiger partial charge in [-0.05, 0) is 42.8 Å². The van der Waals surface area contributed by atoms with Crippen LogP contribution in [-0.2, 0) is 13.2 Å². The Morgan fingerprint density at radius 1 is 1.23 bits per heavy atom. The smallest absolute Gasteiger partial charge is 0.124 e. The van der Waals surface area contributed by atoms with Gasteiger partial charge in [0.05, 0.1) is 6.10 Å². The maximum atomic E-state index is 12.9. The normalized spacial score (nSPS) is 12.2. The molecular weight excluding hydrogens is 349 g/mol. The molecule has 1 atom stereocenters. The third kappa shape index (κ3) is 5.40. The van der Waals surface area contributed by atoms with Crippen LogP contribution in [0.4, 0.5) is 4.39 Å². The van der Waals surface area contributed by atoms with Crippen LogP contribution >= 0.6 is 15.9 Å². The van der Waals surface area contributed by atoms with Crippen LogP contribution in [0.1, 0.15) is 18.1 Å². The summed E-state index contributed by atoms with van der Waals surface area (Å²) >= 11 is 3.45. The van der Waals surface area contributed by atoms with Crippen LogP contribution in [0.15, 0.2) is 46.9 Å². The molecule has 0 aliphatic carbocycles. The van der Waals surface area contributed by atoms with Crippen molar-refractivity contribution in [1.29, 1.82) is 0 Å². The van der Waals surface area contributed by atoms with Crippen molar-refractivity contribution in [3.8, 4) is 5.75 Å². The first-order valence-electron chi connectivity index (χ1n) is 7.09. The number of nitrogens with one attached hydrogen (secondary N) is 1. The minimum absolute atomic E-state index is 0.254. The summed E-state index contributed by atoms with van der Waals surface area (Å²) in [5.41, 5.74) is 1.91. The lowest BCUT2D eigenvalue weighted by Gasteiger charge is -2.13. The third-order valence-electron chi connectivity index (χ3n) is 3.09. The molecule has 118 valence electrons. The second kappa shape index (κ2) is 8.27. The highest BCUT2D eigenvalue weighted by Gasteiger charge is 2.06. The van der Waals surface area contributed by atoms with Crippen molar-refractivity contribution in [2.45, 2.75) is 26.2 Å². The van der Waals surface area contributed by atoms with E-state index in [4.69, 9.17) is 4.74 Å². The summed E-state index contributed by atoms with van der Waals surface area (Å²) in [6.45, 7) is 3.23. The van der Waals surface area contributed by atoms with Gasteiger partial charge < -0.3 is 15.2 Å². The Labute approximate surface area is 138 Å². The molecule has 0 aromatic heterocycles. The Morgan fingerprint density at radius 3 is 2.64 bits per heavy atom. The Hall–Kier alpha value is -1.43. The highest BCUT2D eigenvalue weighted by atomic mass is 79.9. The van der Waals surface area contributed by atoms with E-state index in [1.54, 1.807) is 19.1 Å². The second-order valence-corrected chi connectivity index (χ2v) is 6.06. The van der Waals surface area contributed by atoms with Crippen molar-refractivity contribution in [2.75, 3.05) is 6.54 Å². The standard InChI is InChI=1S/C17H19BrFNO2/c1-12(21)9-20-10-14-8-15(18)4-7-17(14)22-11-13-2-5-16(19)6-3-13/h2-8,12,20-21H,9-11H2,1H3/t12-/m1/s1. The van der Waals surface area contributed by atoms with Crippen LogP contribution in [-0.4, -0.2) is 17.8 Å². The fraction of sp³-hybridized carbons (Fsp3) is 0.294. The number of aliphatic hydroxyl groups excluding tert-OH is 1. The van der Waals surface area contributed by atoms with Gasteiger partial charge in [-0.25, -0.2) is 4.39 Å². The predicted molar refractivity (Wildman–Crippen MR) is 88.3 cm³/mol. The molecule has 22 heavy (non-hydrogen) atoms. The molecule has 2 N–H and O–H groups in total. The number of hydrogen-bond acceptors (Lipinski definition) is 3. The van der Waals surface area contributed by atoms with Gasteiger partial charge in [0.25, 0.3) is 0 Å². The quantitative estimate of drug-likeness (QED) is 0.784. The average Bonchev–Trinajstić information content (AvgIpc) is 2.48. The van der Waals surface area contributed by atoms with Gasteiger partial charge in [-0.2, -0.15) is 0 Å². The van der Waals surface area contributed by atoms with Gasteiger partial charge >= 0.3 is 0 Å². The van der Waals surface area contributed by atoms with Crippen molar-refractivity contribution in [2.24, 2.45) is 0 Å². The van der Waals surface area contributed by atoms with Crippen molar-refractivity contribution in [1.82, 2.24) is 5.32 Å². The lowest BCUT2D eigenvalue weighted by molar-refractivity contribution is 0.190. The summed E-state index contributed by atoms with van der Waals surface area (Å²) < 4.78 is 19.7. The summed E-state index contributed by atoms with van der Waals surface area (Å²) in [6, 6.07) is 12.1. The molecule has 0 saturated heterocycles. The van der Waals surface area contributed by atoms with Gasteiger partial charge in [-0.3, -0.25) is 0 Å². The van der Waals surface area contributed by atoms with Crippen molar-refractivity contribution in [3.05, 3.63) is 63.9 Å². The average molecular weight is 368 g/mol. The van der Waals surface area contributed by atoms with E-state index in [0.717, 1.165) is 21.3 Å². The minimum Gasteiger partial charge on any atom is -0.489 e. The molecule has 0 fully saturated rings. The Bertz CT molecular complexity index is 602. The third-order valence-corrected chi connectivity index (χ3v) is 3.58. The molecule has 2 aromatic carbocycles. The first kappa shape index (κ1) is 16.9. The highest BCUT2D eigenvalue weighted by molar-refractivity contribution is 9.10. The van der Waals surface area contributed by atoms with Gasteiger partial charge in [0.1, 0.15) is 18.2 Å². The molecule has 3 nitrogen and oxygen atoms in total. The van der Waals surface area contributed by atoms with Crippen LogP contribution in [0.5, 0.6) is 5.75 Å². The van der Waals surface area contributed by atoms with Crippen molar-refractivity contribution in [3.63, 3.8) is 0 Å². The monoisotopic (exact) mass is 367 g/mol. The first-order chi connectivity index (χ1) is 10.5. The van der Waals surface area contributed by atoms with Gasteiger partial charge in [0.15, 0.2) is 0 Å². The van der Waals surface area contributed by atoms with E-state index >= 15 is 0 Å². The maximum Gasteiger partial charge on any atom is 0.124 e. The summed E-state index contributed by atoms with van der Waals surface area (Å²) in [5.74, 6) is 0.515. The molecular formula is C17H19BrFNO2. The van der Waals surface area contributed by atoms with Gasteiger partial charge in [0.2, 0.25) is 0 Å². The number of aliphatic hydroxyl groups is 1. The molecule has 5 heteroatoms. The van der Waals surface area contributed by atoms with Gasteiger partial charge in [-0.15, -0.1) is 0 Å². The van der Waals surface area contributed by atoms with E-state index < -0.39 is 6.10 Å². The Kier molecular flexibility index (Phi) is 6.36. The van der Waals surface area contributed by atoms with Crippen LogP contribution in [0.2, 0.25) is 0 Å². The highest BCUT2D eigenvalue weighted by Crippen LogP contribution is 2.24. The van der Waals surface area contributed by atoms with Crippen LogP contribution in [0, 0.1) is 5.82 Å². The molecule has 2 rings (SSSR count). The zero-order valence-corrected chi connectivity index (χ0v) is 13.9. The zero-order chi connectivity index (χ0) is 15.9. The molecule has 0 aliphatic rings. The summed E-state index contributed by atoms with van der Waals surface area (Å²) in [4.78, 5) is 0. The van der Waals surface area contributed by atoms with E-state index in [1.165, 1.54) is 12.1 Å². The maximum absolute atomic E-state index is 12.9. The molecule has 0 saturated carbocycles. The predicted octanol–water partition coefficient (Wildman–Crippen LogP) is 3.64. The molecule has 0 amide bonds. The summed E-state index contributed by atoms with van der Waals surface area (Å²) in [6.07, 6.45) is -0.393. The summed E-state index contributed by atoms with van der Waals surface area (Å²) in [5, 5.41) is 12.5. The largest absolute Gasteiger partial charge is 0.489 e. The van der Waals surface area contributed by atoms with E-state index in [1.807, 2.05) is 18.2 Å². The second-order valence-electron chi connectivity index (χ2n) is 5.15. The van der Waals surface area contributed by atoms with Crippen LogP contribution in [0.3, 0.4) is 0 Å². The molecule has 0 bridgehead atoms. The molecule has 0 aliphatic heterocycles. The van der Waals surface area contributed by atoms with E-state index in [0.29, 0.717) is 19.7 Å². The van der Waals surface area contributed by atoms with Crippen molar-refractivity contribution >= 4 is 15.9 Å². The van der Waals surface area contributed by atoms with E-state index in [2.05, 4.69) is 21.2 Å². The molecule has 0 spiro atoms. The molecule has 2 aromatic rings. The molecule has 0 radical (unpaired) electrons. The lowest BCUT2D eigenvalue weighted by Crippen LogP contribution is -2.24. The topological polar surface area (TPSA) is 41.5 Å². The SMILES string of the molecule is C[C@@H](O)CNCc1cc(Br)ccc1OCc1ccc(F)cc1. The Morgan fingerprint density at radius 2 is 1.95 bits per heavy atom. The van der Waals surface area contributed by atoms with Crippen molar-refractivity contribution < 1.29 is 14.2 Å². The van der Waals surface area contributed by atoms with E-state index in [9.17, 15) is 9.50 Å². The fourth-order valence-electron chi connectivity index (χ4n) is 1.98. The van der Waals surface area contributed by atoms with Gasteiger partial charge in [0, 0.05) is 23.1 Å². The zero-order valence-electron chi connectivity index (χ0n) is 12.4. The minimum atomic E-state index is -0.393. The number of benzene rings is 2. The molecule has 0 unspecified atom stereocenters. The first-order valence-corrected chi connectivity index (χ1v) is 7.88. The number of halogens is 2. The summed E-state index contributed by atoms with van der Waals surface area (Å²) in [7, 11) is 0. The number of hydrogen-bond donors (Lipinski definition) is 2. The van der Waals surface area contributed by atoms with Crippen LogP contribution in [0.25, 0.3) is 0 Å². The Balaban J connectivity index is 2.01. The number of rotatable bonds is 7. The lowest BCUT2D eigenvalue weighted by atomic mass is 10.2. The van der Waals surface area contributed by atoms with Gasteiger partial charge in [-0.1, -0.05) is 28.1 Å². The van der Waals surface area contributed by atoms with Crippen LogP contribution < -0.4 is 10.1 Å². The number of ether oxygens (including phenoxy) is 1. The van der Waals surface area contributed by atoms with E-state index in [-0.39, 0.29) is 5.82 Å². The molecule has 0 heterocycles. The fourth-order valence-corrected chi connectivity index (χ4v) is 2.39.